The van der Waals surface area contributed by atoms with Crippen molar-refractivity contribution in [3.63, 3.8) is 0 Å². The Hall–Kier alpha value is -2.41. The largest absolute Gasteiger partial charge is 0.478 e. The van der Waals surface area contributed by atoms with Crippen LogP contribution in [0.2, 0.25) is 0 Å². The number of hydrogen-bond donors (Lipinski definition) is 2. The highest BCUT2D eigenvalue weighted by molar-refractivity contribution is 7.14. The molecular formula is C13H13N3O3S. The molecule has 2 heterocycles. The van der Waals surface area contributed by atoms with Crippen LogP contribution in [0.15, 0.2) is 29.8 Å². The summed E-state index contributed by atoms with van der Waals surface area (Å²) >= 11 is 1.17. The first-order valence-electron chi connectivity index (χ1n) is 5.74. The number of carbonyl (C=O) groups is 2. The van der Waals surface area contributed by atoms with Gasteiger partial charge in [0.1, 0.15) is 10.8 Å². The van der Waals surface area contributed by atoms with Crippen LogP contribution in [0.25, 0.3) is 0 Å². The van der Waals surface area contributed by atoms with Gasteiger partial charge in [-0.15, -0.1) is 11.3 Å². The second kappa shape index (κ2) is 5.70. The first-order chi connectivity index (χ1) is 9.49. The Morgan fingerprint density at radius 1 is 1.30 bits per heavy atom. The summed E-state index contributed by atoms with van der Waals surface area (Å²) in [5.41, 5.74) is 0.460. The van der Waals surface area contributed by atoms with Crippen molar-refractivity contribution in [1.82, 2.24) is 4.98 Å². The first-order valence-corrected chi connectivity index (χ1v) is 6.62. The molecule has 0 spiro atoms. The van der Waals surface area contributed by atoms with E-state index in [1.54, 1.807) is 17.5 Å². The molecule has 2 N–H and O–H groups in total. The van der Waals surface area contributed by atoms with E-state index in [0.29, 0.717) is 10.6 Å². The van der Waals surface area contributed by atoms with E-state index in [-0.39, 0.29) is 11.5 Å². The third kappa shape index (κ3) is 2.94. The Kier molecular flexibility index (Phi) is 3.99. The fourth-order valence-electron chi connectivity index (χ4n) is 1.53. The fraction of sp³-hybridized carbons (Fsp3) is 0.154. The number of aromatic nitrogens is 1. The maximum Gasteiger partial charge on any atom is 0.338 e. The molecule has 2 rings (SSSR count). The maximum absolute atomic E-state index is 12.0. The molecule has 0 saturated carbocycles. The van der Waals surface area contributed by atoms with Crippen molar-refractivity contribution in [3.05, 3.63) is 40.9 Å². The van der Waals surface area contributed by atoms with Gasteiger partial charge in [0.05, 0.1) is 11.1 Å². The van der Waals surface area contributed by atoms with E-state index in [1.165, 1.54) is 23.6 Å². The van der Waals surface area contributed by atoms with Gasteiger partial charge in [0.2, 0.25) is 0 Å². The van der Waals surface area contributed by atoms with Gasteiger partial charge in [-0.3, -0.25) is 4.79 Å². The van der Waals surface area contributed by atoms with Crippen LogP contribution < -0.4 is 10.2 Å². The van der Waals surface area contributed by atoms with Gasteiger partial charge < -0.3 is 15.3 Å². The number of aromatic carboxylic acids is 1. The molecule has 0 aromatic carbocycles. The molecule has 0 unspecified atom stereocenters. The molecule has 1 amide bonds. The molecular weight excluding hydrogens is 278 g/mol. The van der Waals surface area contributed by atoms with Crippen molar-refractivity contribution in [1.29, 1.82) is 0 Å². The lowest BCUT2D eigenvalue weighted by Gasteiger charge is -2.11. The highest BCUT2D eigenvalue weighted by Gasteiger charge is 2.15. The van der Waals surface area contributed by atoms with Crippen LogP contribution in [0.3, 0.4) is 0 Å². The van der Waals surface area contributed by atoms with Crippen LogP contribution in [0.1, 0.15) is 20.7 Å². The van der Waals surface area contributed by atoms with Crippen LogP contribution in [0, 0.1) is 0 Å². The lowest BCUT2D eigenvalue weighted by Crippen LogP contribution is -2.15. The summed E-state index contributed by atoms with van der Waals surface area (Å²) < 4.78 is 0. The standard InChI is InChI=1S/C13H13N3O3S/c1-16(2)10-4-3-8(7-14-10)11(17)15-12-9(13(18)19)5-6-20-12/h3-7H,1-2H3,(H,15,17)(H,18,19). The molecule has 104 valence electrons. The van der Waals surface area contributed by atoms with Crippen LogP contribution in [-0.4, -0.2) is 36.1 Å². The normalized spacial score (nSPS) is 10.1. The topological polar surface area (TPSA) is 82.5 Å². The zero-order valence-corrected chi connectivity index (χ0v) is 11.8. The van der Waals surface area contributed by atoms with Crippen molar-refractivity contribution < 1.29 is 14.7 Å². The second-order valence-corrected chi connectivity index (χ2v) is 5.14. The molecule has 6 nitrogen and oxygen atoms in total. The number of carbonyl (C=O) groups excluding carboxylic acids is 1. The Labute approximate surface area is 119 Å². The maximum atomic E-state index is 12.0. The smallest absolute Gasteiger partial charge is 0.338 e. The van der Waals surface area contributed by atoms with Crippen molar-refractivity contribution >= 4 is 34.0 Å². The zero-order chi connectivity index (χ0) is 14.7. The molecule has 0 aliphatic heterocycles. The summed E-state index contributed by atoms with van der Waals surface area (Å²) in [6, 6.07) is 4.82. The molecule has 0 aliphatic carbocycles. The molecule has 0 radical (unpaired) electrons. The molecule has 0 aliphatic rings. The van der Waals surface area contributed by atoms with Crippen LogP contribution in [0.4, 0.5) is 10.8 Å². The predicted octanol–water partition coefficient (Wildman–Crippen LogP) is 2.16. The first kappa shape index (κ1) is 14.0. The molecule has 0 saturated heterocycles. The van der Waals surface area contributed by atoms with Gasteiger partial charge in [-0.2, -0.15) is 0 Å². The summed E-state index contributed by atoms with van der Waals surface area (Å²) in [5, 5.41) is 13.5. The number of nitrogens with one attached hydrogen (secondary N) is 1. The third-order valence-electron chi connectivity index (χ3n) is 2.59. The zero-order valence-electron chi connectivity index (χ0n) is 11.0. The molecule has 2 aromatic heterocycles. The molecule has 2 aromatic rings. The van der Waals surface area contributed by atoms with Crippen LogP contribution >= 0.6 is 11.3 Å². The minimum absolute atomic E-state index is 0.0845. The van der Waals surface area contributed by atoms with Crippen molar-refractivity contribution in [2.75, 3.05) is 24.3 Å². The minimum Gasteiger partial charge on any atom is -0.478 e. The van der Waals surface area contributed by atoms with E-state index < -0.39 is 5.97 Å². The Morgan fingerprint density at radius 2 is 2.05 bits per heavy atom. The number of amides is 1. The summed E-state index contributed by atoms with van der Waals surface area (Å²) in [4.78, 5) is 28.9. The summed E-state index contributed by atoms with van der Waals surface area (Å²) in [7, 11) is 3.71. The Balaban J connectivity index is 2.15. The highest BCUT2D eigenvalue weighted by atomic mass is 32.1. The van der Waals surface area contributed by atoms with E-state index in [0.717, 1.165) is 5.82 Å². The van der Waals surface area contributed by atoms with Crippen molar-refractivity contribution in [3.8, 4) is 0 Å². The number of nitrogens with zero attached hydrogens (tertiary/aromatic N) is 2. The summed E-state index contributed by atoms with van der Waals surface area (Å²) in [6.07, 6.45) is 1.46. The van der Waals surface area contributed by atoms with E-state index in [9.17, 15) is 9.59 Å². The van der Waals surface area contributed by atoms with Crippen LogP contribution in [0.5, 0.6) is 0 Å². The van der Waals surface area contributed by atoms with Gasteiger partial charge >= 0.3 is 5.97 Å². The highest BCUT2D eigenvalue weighted by Crippen LogP contribution is 2.23. The van der Waals surface area contributed by atoms with E-state index in [4.69, 9.17) is 5.11 Å². The van der Waals surface area contributed by atoms with E-state index >= 15 is 0 Å². The number of carboxylic acids is 1. The SMILES string of the molecule is CN(C)c1ccc(C(=O)Nc2sccc2C(=O)O)cn1. The van der Waals surface area contributed by atoms with E-state index in [2.05, 4.69) is 10.3 Å². The van der Waals surface area contributed by atoms with Crippen molar-refractivity contribution in [2.45, 2.75) is 0 Å². The number of carboxylic acid groups (broad SMARTS) is 1. The summed E-state index contributed by atoms with van der Waals surface area (Å²) in [6.45, 7) is 0. The third-order valence-corrected chi connectivity index (χ3v) is 3.42. The van der Waals surface area contributed by atoms with Gasteiger partial charge in [0.15, 0.2) is 0 Å². The lowest BCUT2D eigenvalue weighted by molar-refractivity contribution is 0.0698. The van der Waals surface area contributed by atoms with Gasteiger partial charge in [-0.05, 0) is 23.6 Å². The number of rotatable bonds is 4. The predicted molar refractivity (Wildman–Crippen MR) is 77.8 cm³/mol. The monoisotopic (exact) mass is 291 g/mol. The van der Waals surface area contributed by atoms with Crippen LogP contribution in [-0.2, 0) is 0 Å². The number of anilines is 2. The molecule has 0 fully saturated rings. The summed E-state index contributed by atoms with van der Waals surface area (Å²) in [5.74, 6) is -0.709. The van der Waals surface area contributed by atoms with Gasteiger partial charge in [-0.25, -0.2) is 9.78 Å². The van der Waals surface area contributed by atoms with Gasteiger partial charge in [0, 0.05) is 20.3 Å². The molecule has 20 heavy (non-hydrogen) atoms. The molecule has 7 heteroatoms. The van der Waals surface area contributed by atoms with E-state index in [1.807, 2.05) is 19.0 Å². The average Bonchev–Trinajstić information content (AvgIpc) is 2.87. The number of hydrogen-bond acceptors (Lipinski definition) is 5. The Morgan fingerprint density at radius 3 is 2.60 bits per heavy atom. The molecule has 0 bridgehead atoms. The fourth-order valence-corrected chi connectivity index (χ4v) is 2.31. The average molecular weight is 291 g/mol. The van der Waals surface area contributed by atoms with Crippen molar-refractivity contribution in [2.24, 2.45) is 0 Å². The quantitative estimate of drug-likeness (QED) is 0.902. The van der Waals surface area contributed by atoms with Gasteiger partial charge in [0.25, 0.3) is 5.91 Å². The second-order valence-electron chi connectivity index (χ2n) is 4.22. The minimum atomic E-state index is -1.07. The molecule has 0 atom stereocenters. The van der Waals surface area contributed by atoms with Gasteiger partial charge in [-0.1, -0.05) is 0 Å². The lowest BCUT2D eigenvalue weighted by atomic mass is 10.2. The number of pyridine rings is 1. The number of thiophene rings is 1. The Bertz CT molecular complexity index is 635.